The van der Waals surface area contributed by atoms with Crippen molar-refractivity contribution in [2.45, 2.75) is 19.3 Å². The van der Waals surface area contributed by atoms with Crippen LogP contribution in [0.3, 0.4) is 0 Å². The summed E-state index contributed by atoms with van der Waals surface area (Å²) in [5.74, 6) is 0. The van der Waals surface area contributed by atoms with Crippen molar-refractivity contribution in [2.75, 3.05) is 4.90 Å². The molecule has 0 atom stereocenters. The average Bonchev–Trinajstić information content (AvgIpc) is 3.58. The van der Waals surface area contributed by atoms with Gasteiger partial charge in [0.15, 0.2) is 0 Å². The molecule has 14 rings (SSSR count). The van der Waals surface area contributed by atoms with Crippen molar-refractivity contribution >= 4 is 60.5 Å². The summed E-state index contributed by atoms with van der Waals surface area (Å²) in [6.07, 6.45) is 0. The van der Waals surface area contributed by atoms with Gasteiger partial charge in [-0.2, -0.15) is 0 Å². The molecule has 1 aromatic heterocycles. The van der Waals surface area contributed by atoms with E-state index < -0.39 is 0 Å². The van der Waals surface area contributed by atoms with E-state index in [-0.39, 0.29) is 5.41 Å². The van der Waals surface area contributed by atoms with Crippen molar-refractivity contribution in [2.24, 2.45) is 0 Å². The van der Waals surface area contributed by atoms with Crippen LogP contribution in [0.15, 0.2) is 265 Å². The van der Waals surface area contributed by atoms with Crippen LogP contribution in [0, 0.1) is 0 Å². The summed E-state index contributed by atoms with van der Waals surface area (Å²) in [4.78, 5) is 2.40. The number of benzene rings is 12. The Bertz CT molecular complexity index is 4190. The summed E-state index contributed by atoms with van der Waals surface area (Å²) in [5, 5.41) is 6.90. The molecule has 344 valence electrons. The molecule has 0 saturated carbocycles. The molecular weight excluding hydrogens is 883 g/mol. The van der Waals surface area contributed by atoms with Crippen LogP contribution in [0.1, 0.15) is 25.0 Å². The number of hydrogen-bond acceptors (Lipinski definition) is 2. The van der Waals surface area contributed by atoms with Crippen molar-refractivity contribution in [1.82, 2.24) is 0 Å². The lowest BCUT2D eigenvalue weighted by atomic mass is 9.82. The molecule has 0 amide bonds. The molecule has 1 heterocycles. The normalized spacial score (nSPS) is 12.6. The lowest BCUT2D eigenvalue weighted by molar-refractivity contribution is 0.660. The van der Waals surface area contributed by atoms with E-state index in [0.29, 0.717) is 0 Å². The average molecular weight is 932 g/mol. The number of rotatable bonds is 8. The maximum Gasteiger partial charge on any atom is 0.135 e. The van der Waals surface area contributed by atoms with Gasteiger partial charge in [0.05, 0.1) is 0 Å². The molecule has 0 fully saturated rings. The first-order chi connectivity index (χ1) is 35.9. The number of hydrogen-bond donors (Lipinski definition) is 0. The standard InChI is InChI=1S/C71H49NO/c1-71(2)65-27-13-12-22-59(65)60-37-36-56(45-66(60)71)72(54-32-28-49(29-33-54)46-16-6-3-7-17-46)55-34-30-50(31-35-55)57-38-40-67-69-61(57)23-14-25-63(69)64-26-15-24-62-58(39-41-68(73-67)70(62)64)53-43-51(47-18-8-4-9-19-47)42-52(44-53)48-20-10-5-11-21-48/h3-45H,1-2H3. The van der Waals surface area contributed by atoms with E-state index in [1.165, 1.54) is 77.5 Å². The monoisotopic (exact) mass is 931 g/mol. The molecule has 0 radical (unpaired) electrons. The lowest BCUT2D eigenvalue weighted by Gasteiger charge is -2.28. The third-order valence-corrected chi connectivity index (χ3v) is 15.5. The van der Waals surface area contributed by atoms with Gasteiger partial charge in [-0.3, -0.25) is 0 Å². The molecule has 12 aromatic carbocycles. The first-order valence-corrected chi connectivity index (χ1v) is 25.3. The van der Waals surface area contributed by atoms with Gasteiger partial charge >= 0.3 is 0 Å². The van der Waals surface area contributed by atoms with Crippen molar-refractivity contribution < 1.29 is 4.42 Å². The van der Waals surface area contributed by atoms with Crippen LogP contribution in [0.4, 0.5) is 17.1 Å². The first kappa shape index (κ1) is 42.6. The van der Waals surface area contributed by atoms with Gasteiger partial charge in [-0.05, 0) is 166 Å². The van der Waals surface area contributed by atoms with Gasteiger partial charge in [-0.25, -0.2) is 0 Å². The molecule has 0 N–H and O–H groups in total. The summed E-state index contributed by atoms with van der Waals surface area (Å²) in [5.41, 5.74) is 22.1. The zero-order valence-electron chi connectivity index (χ0n) is 40.7. The van der Waals surface area contributed by atoms with Gasteiger partial charge in [-0.15, -0.1) is 0 Å². The largest absolute Gasteiger partial charge is 0.456 e. The molecule has 13 aromatic rings. The topological polar surface area (TPSA) is 16.4 Å². The molecule has 2 heteroatoms. The maximum atomic E-state index is 7.06. The molecule has 0 aliphatic heterocycles. The van der Waals surface area contributed by atoms with E-state index in [0.717, 1.165) is 60.9 Å². The molecule has 0 saturated heterocycles. The minimum Gasteiger partial charge on any atom is -0.456 e. The third-order valence-electron chi connectivity index (χ3n) is 15.5. The van der Waals surface area contributed by atoms with Gasteiger partial charge < -0.3 is 9.32 Å². The zero-order valence-corrected chi connectivity index (χ0v) is 40.7. The SMILES string of the molecule is CC1(C)c2ccccc2-c2ccc(N(c3ccc(-c4ccccc4)cc3)c3ccc(-c4ccc5oc6ccc(-c7cc(-c8ccccc8)cc(-c8ccccc8)c7)c7cccc(c8cccc4c58)c67)cc3)cc21. The summed E-state index contributed by atoms with van der Waals surface area (Å²) >= 11 is 0. The van der Waals surface area contributed by atoms with E-state index in [9.17, 15) is 0 Å². The number of anilines is 3. The van der Waals surface area contributed by atoms with Crippen LogP contribution in [0.25, 0.3) is 110 Å². The fourth-order valence-corrected chi connectivity index (χ4v) is 11.9. The summed E-state index contributed by atoms with van der Waals surface area (Å²) < 4.78 is 7.06. The third kappa shape index (κ3) is 7.09. The Hall–Kier alpha value is -9.24. The van der Waals surface area contributed by atoms with Crippen LogP contribution >= 0.6 is 0 Å². The Morgan fingerprint density at radius 1 is 0.274 bits per heavy atom. The molecule has 0 bridgehead atoms. The molecule has 1 aliphatic carbocycles. The number of fused-ring (bicyclic) bond motifs is 4. The Balaban J connectivity index is 0.889. The highest BCUT2D eigenvalue weighted by Crippen LogP contribution is 2.51. The van der Waals surface area contributed by atoms with E-state index >= 15 is 0 Å². The summed E-state index contributed by atoms with van der Waals surface area (Å²) in [6.45, 7) is 4.71. The second kappa shape index (κ2) is 17.0. The van der Waals surface area contributed by atoms with Crippen LogP contribution in [-0.2, 0) is 5.41 Å². The quantitative estimate of drug-likeness (QED) is 0.151. The molecule has 0 spiro atoms. The second-order valence-electron chi connectivity index (χ2n) is 20.0. The molecular formula is C71H49NO. The first-order valence-electron chi connectivity index (χ1n) is 25.3. The molecule has 73 heavy (non-hydrogen) atoms. The van der Waals surface area contributed by atoms with Gasteiger partial charge in [0, 0.05) is 33.2 Å². The lowest BCUT2D eigenvalue weighted by Crippen LogP contribution is -2.16. The van der Waals surface area contributed by atoms with Crippen LogP contribution < -0.4 is 4.90 Å². The number of nitrogens with zero attached hydrogens (tertiary/aromatic N) is 1. The van der Waals surface area contributed by atoms with Crippen molar-refractivity contribution in [1.29, 1.82) is 0 Å². The Labute approximate surface area is 425 Å². The zero-order chi connectivity index (χ0) is 48.6. The Morgan fingerprint density at radius 3 is 1.25 bits per heavy atom. The fraction of sp³-hybridized carbons (Fsp3) is 0.0423. The van der Waals surface area contributed by atoms with Crippen molar-refractivity contribution in [3.05, 3.63) is 272 Å². The van der Waals surface area contributed by atoms with Gasteiger partial charge in [0.1, 0.15) is 11.2 Å². The van der Waals surface area contributed by atoms with Gasteiger partial charge in [-0.1, -0.05) is 208 Å². The van der Waals surface area contributed by atoms with Crippen molar-refractivity contribution in [3.8, 4) is 66.8 Å². The van der Waals surface area contributed by atoms with Crippen LogP contribution in [0.2, 0.25) is 0 Å². The van der Waals surface area contributed by atoms with Crippen LogP contribution in [0.5, 0.6) is 0 Å². The molecule has 1 aliphatic rings. The minimum absolute atomic E-state index is 0.123. The van der Waals surface area contributed by atoms with Gasteiger partial charge in [0.25, 0.3) is 0 Å². The molecule has 0 unspecified atom stereocenters. The fourth-order valence-electron chi connectivity index (χ4n) is 11.9. The highest BCUT2D eigenvalue weighted by atomic mass is 16.3. The molecule has 2 nitrogen and oxygen atoms in total. The van der Waals surface area contributed by atoms with Gasteiger partial charge in [0.2, 0.25) is 0 Å². The van der Waals surface area contributed by atoms with Crippen molar-refractivity contribution in [3.63, 3.8) is 0 Å². The Morgan fingerprint density at radius 2 is 0.685 bits per heavy atom. The van der Waals surface area contributed by atoms with E-state index in [2.05, 4.69) is 280 Å². The van der Waals surface area contributed by atoms with E-state index in [1.807, 2.05) is 0 Å². The van der Waals surface area contributed by atoms with E-state index in [4.69, 9.17) is 4.42 Å². The summed E-state index contributed by atoms with van der Waals surface area (Å²) in [6, 6.07) is 95.2. The second-order valence-corrected chi connectivity index (χ2v) is 20.0. The van der Waals surface area contributed by atoms with E-state index in [1.54, 1.807) is 0 Å². The predicted octanol–water partition coefficient (Wildman–Crippen LogP) is 20.0. The smallest absolute Gasteiger partial charge is 0.135 e. The summed E-state index contributed by atoms with van der Waals surface area (Å²) in [7, 11) is 0. The highest BCUT2D eigenvalue weighted by molar-refractivity contribution is 6.26. The predicted molar refractivity (Wildman–Crippen MR) is 308 cm³/mol. The highest BCUT2D eigenvalue weighted by Gasteiger charge is 2.36. The Kier molecular flexibility index (Phi) is 9.91. The van der Waals surface area contributed by atoms with Crippen LogP contribution in [-0.4, -0.2) is 0 Å². The minimum atomic E-state index is -0.123. The maximum absolute atomic E-state index is 7.06.